The number of benzene rings is 2. The van der Waals surface area contributed by atoms with Gasteiger partial charge >= 0.3 is 12.1 Å². The molecule has 0 aromatic heterocycles. The highest BCUT2D eigenvalue weighted by molar-refractivity contribution is 6.00. The summed E-state index contributed by atoms with van der Waals surface area (Å²) in [5.41, 5.74) is 3.50. The molecule has 1 saturated heterocycles. The van der Waals surface area contributed by atoms with Crippen LogP contribution in [0.5, 0.6) is 0 Å². The zero-order chi connectivity index (χ0) is 24.7. The number of amides is 4. The van der Waals surface area contributed by atoms with Gasteiger partial charge in [0.2, 0.25) is 0 Å². The van der Waals surface area contributed by atoms with Crippen LogP contribution < -0.4 is 21.3 Å². The largest absolute Gasteiger partial charge is 0.370 e. The lowest BCUT2D eigenvalue weighted by Gasteiger charge is -2.34. The molecule has 37 heavy (non-hydrogen) atoms. The van der Waals surface area contributed by atoms with Crippen LogP contribution in [0.1, 0.15) is 24.0 Å². The van der Waals surface area contributed by atoms with Crippen molar-refractivity contribution in [1.82, 2.24) is 20.4 Å². The highest BCUT2D eigenvalue weighted by atomic mass is 35.5. The quantitative estimate of drug-likeness (QED) is 0.492. The zero-order valence-corrected chi connectivity index (χ0v) is 21.5. The zero-order valence-electron chi connectivity index (χ0n) is 20.7. The monoisotopic (exact) mass is 524 g/mol. The first-order valence-corrected chi connectivity index (χ1v) is 12.5. The van der Waals surface area contributed by atoms with Gasteiger partial charge < -0.3 is 31.1 Å². The van der Waals surface area contributed by atoms with E-state index in [2.05, 4.69) is 31.3 Å². The Bertz CT molecular complexity index is 1050. The third-order valence-corrected chi connectivity index (χ3v) is 6.47. The predicted octanol–water partition coefficient (Wildman–Crippen LogP) is 2.97. The summed E-state index contributed by atoms with van der Waals surface area (Å²) in [4.78, 5) is 37.9. The van der Waals surface area contributed by atoms with Crippen molar-refractivity contribution < 1.29 is 9.59 Å². The number of amidine groups is 2. The third kappa shape index (κ3) is 6.71. The number of carbonyl (C=O) groups excluding carboxylic acids is 2. The van der Waals surface area contributed by atoms with E-state index in [1.54, 1.807) is 9.80 Å². The Kier molecular flexibility index (Phi) is 8.84. The molecule has 11 heteroatoms. The molecule has 3 heterocycles. The number of hydrogen-bond donors (Lipinski definition) is 4. The van der Waals surface area contributed by atoms with E-state index in [4.69, 9.17) is 0 Å². The van der Waals surface area contributed by atoms with Crippen LogP contribution in [0.15, 0.2) is 58.5 Å². The molecular weight excluding hydrogens is 492 g/mol. The van der Waals surface area contributed by atoms with Crippen LogP contribution in [0, 0.1) is 0 Å². The van der Waals surface area contributed by atoms with Crippen molar-refractivity contribution in [1.29, 1.82) is 0 Å². The summed E-state index contributed by atoms with van der Waals surface area (Å²) in [7, 11) is 0. The lowest BCUT2D eigenvalue weighted by molar-refractivity contribution is 0.156. The third-order valence-electron chi connectivity index (χ3n) is 6.47. The number of halogens is 1. The molecule has 2 aromatic rings. The number of nitrogens with zero attached hydrogens (tertiary/aromatic N) is 4. The Morgan fingerprint density at radius 2 is 1.03 bits per heavy atom. The van der Waals surface area contributed by atoms with Crippen molar-refractivity contribution in [3.63, 3.8) is 0 Å². The first-order chi connectivity index (χ1) is 17.7. The van der Waals surface area contributed by atoms with Gasteiger partial charge in [0.25, 0.3) is 0 Å². The first kappa shape index (κ1) is 26.3. The van der Waals surface area contributed by atoms with E-state index in [0.29, 0.717) is 26.2 Å². The molecule has 0 saturated carbocycles. The minimum absolute atomic E-state index is 0. The topological polar surface area (TPSA) is 113 Å². The summed E-state index contributed by atoms with van der Waals surface area (Å²) in [5.74, 6) is 1.81. The number of aliphatic imine (C=N–C) groups is 2. The van der Waals surface area contributed by atoms with Crippen molar-refractivity contribution in [3.8, 4) is 0 Å². The number of rotatable bonds is 4. The van der Waals surface area contributed by atoms with Gasteiger partial charge in [0.05, 0.1) is 0 Å². The number of urea groups is 2. The van der Waals surface area contributed by atoms with Crippen LogP contribution in [0.25, 0.3) is 0 Å². The molecule has 3 aliphatic heterocycles. The molecule has 4 N–H and O–H groups in total. The van der Waals surface area contributed by atoms with E-state index in [1.165, 1.54) is 0 Å². The van der Waals surface area contributed by atoms with E-state index < -0.39 is 0 Å². The number of nitrogens with one attached hydrogen (secondary N) is 4. The minimum atomic E-state index is -0.161. The Morgan fingerprint density at radius 1 is 0.649 bits per heavy atom. The maximum absolute atomic E-state index is 12.7. The molecule has 1 fully saturated rings. The molecule has 0 aliphatic carbocycles. The first-order valence-electron chi connectivity index (χ1n) is 12.5. The summed E-state index contributed by atoms with van der Waals surface area (Å²) in [5, 5.41) is 12.5. The smallest absolute Gasteiger partial charge is 0.321 e. The van der Waals surface area contributed by atoms with Gasteiger partial charge in [-0.2, -0.15) is 0 Å². The average molecular weight is 525 g/mol. The lowest BCUT2D eigenvalue weighted by Crippen LogP contribution is -2.52. The Morgan fingerprint density at radius 3 is 1.35 bits per heavy atom. The maximum atomic E-state index is 12.7. The second kappa shape index (κ2) is 12.4. The van der Waals surface area contributed by atoms with E-state index >= 15 is 0 Å². The van der Waals surface area contributed by atoms with Crippen molar-refractivity contribution >= 4 is 47.5 Å². The van der Waals surface area contributed by atoms with Crippen LogP contribution in [-0.4, -0.2) is 85.9 Å². The predicted molar refractivity (Wildman–Crippen MR) is 149 cm³/mol. The fourth-order valence-corrected chi connectivity index (χ4v) is 4.39. The molecule has 0 radical (unpaired) electrons. The summed E-state index contributed by atoms with van der Waals surface area (Å²) in [6, 6.07) is 15.1. The Hall–Kier alpha value is -3.79. The van der Waals surface area contributed by atoms with Crippen LogP contribution in [-0.2, 0) is 0 Å². The maximum Gasteiger partial charge on any atom is 0.321 e. The van der Waals surface area contributed by atoms with Gasteiger partial charge in [-0.3, -0.25) is 9.98 Å². The molecule has 0 atom stereocenters. The fraction of sp³-hybridized carbons (Fsp3) is 0.385. The van der Waals surface area contributed by atoms with Gasteiger partial charge in [0.1, 0.15) is 11.7 Å². The molecule has 0 spiro atoms. The van der Waals surface area contributed by atoms with Gasteiger partial charge in [0, 0.05) is 74.9 Å². The second-order valence-electron chi connectivity index (χ2n) is 9.01. The Balaban J connectivity index is 0.00000320. The van der Waals surface area contributed by atoms with Gasteiger partial charge in [-0.25, -0.2) is 9.59 Å². The molecular formula is C26H33ClN8O2. The molecule has 4 amide bonds. The highest BCUT2D eigenvalue weighted by Gasteiger charge is 2.24. The van der Waals surface area contributed by atoms with E-state index in [0.717, 1.165) is 73.2 Å². The van der Waals surface area contributed by atoms with E-state index in [1.807, 2.05) is 48.5 Å². The molecule has 3 aliphatic rings. The summed E-state index contributed by atoms with van der Waals surface area (Å²) >= 11 is 0. The molecule has 5 rings (SSSR count). The second-order valence-corrected chi connectivity index (χ2v) is 9.01. The number of piperazine rings is 1. The summed E-state index contributed by atoms with van der Waals surface area (Å²) in [6.07, 6.45) is 2.10. The van der Waals surface area contributed by atoms with Crippen molar-refractivity contribution in [2.45, 2.75) is 12.8 Å². The molecule has 0 unspecified atom stereocenters. The summed E-state index contributed by atoms with van der Waals surface area (Å²) < 4.78 is 0. The normalized spacial score (nSPS) is 17.3. The van der Waals surface area contributed by atoms with Crippen LogP contribution in [0.4, 0.5) is 21.0 Å². The van der Waals surface area contributed by atoms with Crippen LogP contribution in [0.3, 0.4) is 0 Å². The van der Waals surface area contributed by atoms with E-state index in [9.17, 15) is 9.59 Å². The average Bonchev–Trinajstić information content (AvgIpc) is 2.95. The lowest BCUT2D eigenvalue weighted by atomic mass is 10.1. The minimum Gasteiger partial charge on any atom is -0.370 e. The van der Waals surface area contributed by atoms with Gasteiger partial charge in [-0.1, -0.05) is 0 Å². The van der Waals surface area contributed by atoms with Crippen molar-refractivity contribution in [2.24, 2.45) is 9.98 Å². The highest BCUT2D eigenvalue weighted by Crippen LogP contribution is 2.15. The molecule has 10 nitrogen and oxygen atoms in total. The summed E-state index contributed by atoms with van der Waals surface area (Å²) in [6.45, 7) is 5.44. The van der Waals surface area contributed by atoms with Crippen molar-refractivity contribution in [2.75, 3.05) is 63.0 Å². The van der Waals surface area contributed by atoms with Crippen molar-refractivity contribution in [3.05, 3.63) is 59.7 Å². The van der Waals surface area contributed by atoms with Gasteiger partial charge in [-0.05, 0) is 61.4 Å². The fourth-order valence-electron chi connectivity index (χ4n) is 4.39. The van der Waals surface area contributed by atoms with Gasteiger partial charge in [-0.15, -0.1) is 12.4 Å². The number of hydrogen-bond acceptors (Lipinski definition) is 6. The van der Waals surface area contributed by atoms with Crippen LogP contribution >= 0.6 is 12.4 Å². The molecule has 196 valence electrons. The molecule has 0 bridgehead atoms. The molecule has 2 aromatic carbocycles. The van der Waals surface area contributed by atoms with Crippen LogP contribution in [0.2, 0.25) is 0 Å². The number of anilines is 2. The number of carbonyl (C=O) groups is 2. The Labute approximate surface area is 223 Å². The van der Waals surface area contributed by atoms with E-state index in [-0.39, 0.29) is 24.5 Å². The standard InChI is InChI=1S/C26H32N8O2.ClH/c35-25(31-21-7-3-19(4-8-21)23-27-11-1-12-28-23)33-15-17-34(18-16-33)26(36)32-22-9-5-20(6-10-22)24-29-13-2-14-30-24;/h3-10H,1-2,11-18H2,(H,27,28)(H,29,30)(H,31,35)(H,32,36);1H. The van der Waals surface area contributed by atoms with Gasteiger partial charge in [0.15, 0.2) is 0 Å². The SMILES string of the molecule is Cl.O=C(Nc1ccc(C2=NCCCN2)cc1)N1CCN(C(=O)Nc2ccc(C3=NCCCN3)cc2)CC1.